The molecule has 7 nitrogen and oxygen atoms in total. The minimum absolute atomic E-state index is 0. The van der Waals surface area contributed by atoms with Gasteiger partial charge in [-0.2, -0.15) is 0 Å². The van der Waals surface area contributed by atoms with Crippen LogP contribution in [0.15, 0.2) is 48.5 Å². The van der Waals surface area contributed by atoms with Crippen molar-refractivity contribution >= 4 is 29.4 Å². The van der Waals surface area contributed by atoms with Gasteiger partial charge in [0.25, 0.3) is 0 Å². The highest BCUT2D eigenvalue weighted by Crippen LogP contribution is 2.31. The third-order valence-corrected chi connectivity index (χ3v) is 6.04. The van der Waals surface area contributed by atoms with Crippen LogP contribution in [0.2, 0.25) is 0 Å². The van der Waals surface area contributed by atoms with Gasteiger partial charge in [-0.1, -0.05) is 24.5 Å². The van der Waals surface area contributed by atoms with Gasteiger partial charge in [-0.3, -0.25) is 4.57 Å². The lowest BCUT2D eigenvalue weighted by Crippen LogP contribution is -2.29. The standard InChI is InChI=1S/C26H24FN5O2.ClH/c1-34-20-10-8-19(9-11-20)32-24(17-6-5-7-18(27)16-17)31-22-23(28)29-21(30-25(22)32)12-15-26(33)13-3-2-4-14-26;/h5-11,16,33H,2-4,13-14H2,1H3,(H2,28,29,30);1H. The Morgan fingerprint density at radius 3 is 2.49 bits per heavy atom. The zero-order valence-corrected chi connectivity index (χ0v) is 20.0. The van der Waals surface area contributed by atoms with Crippen LogP contribution in [0.4, 0.5) is 10.2 Å². The molecule has 1 saturated carbocycles. The molecule has 2 aromatic carbocycles. The van der Waals surface area contributed by atoms with E-state index in [-0.39, 0.29) is 29.9 Å². The minimum Gasteiger partial charge on any atom is -0.497 e. The number of hydrogen-bond acceptors (Lipinski definition) is 6. The maximum Gasteiger partial charge on any atom is 0.209 e. The van der Waals surface area contributed by atoms with E-state index in [0.29, 0.717) is 41.1 Å². The number of aromatic nitrogens is 4. The number of anilines is 1. The molecule has 35 heavy (non-hydrogen) atoms. The Kier molecular flexibility index (Phi) is 6.92. The van der Waals surface area contributed by atoms with Crippen LogP contribution in [0.3, 0.4) is 0 Å². The van der Waals surface area contributed by atoms with E-state index in [1.54, 1.807) is 23.8 Å². The number of ether oxygens (including phenoxy) is 1. The predicted octanol–water partition coefficient (Wildman–Crippen LogP) is 4.68. The van der Waals surface area contributed by atoms with Gasteiger partial charge in [-0.15, -0.1) is 12.4 Å². The molecule has 2 aromatic heterocycles. The number of rotatable bonds is 3. The fourth-order valence-corrected chi connectivity index (χ4v) is 4.27. The highest BCUT2D eigenvalue weighted by atomic mass is 35.5. The average Bonchev–Trinajstić information content (AvgIpc) is 3.24. The fourth-order valence-electron chi connectivity index (χ4n) is 4.27. The molecule has 4 aromatic rings. The van der Waals surface area contributed by atoms with E-state index in [1.165, 1.54) is 12.1 Å². The molecule has 0 saturated heterocycles. The average molecular weight is 494 g/mol. The van der Waals surface area contributed by atoms with Crippen molar-refractivity contribution in [2.24, 2.45) is 0 Å². The van der Waals surface area contributed by atoms with E-state index in [9.17, 15) is 9.50 Å². The van der Waals surface area contributed by atoms with E-state index in [2.05, 4.69) is 26.8 Å². The molecule has 2 heterocycles. The second-order valence-electron chi connectivity index (χ2n) is 8.43. The number of halogens is 2. The van der Waals surface area contributed by atoms with Gasteiger partial charge in [0.1, 0.15) is 23.0 Å². The zero-order valence-electron chi connectivity index (χ0n) is 19.2. The monoisotopic (exact) mass is 493 g/mol. The molecule has 3 N–H and O–H groups in total. The van der Waals surface area contributed by atoms with E-state index >= 15 is 0 Å². The van der Waals surface area contributed by atoms with Crippen molar-refractivity contribution in [3.63, 3.8) is 0 Å². The van der Waals surface area contributed by atoms with Gasteiger partial charge < -0.3 is 15.6 Å². The first-order chi connectivity index (χ1) is 16.5. The van der Waals surface area contributed by atoms with Crippen molar-refractivity contribution in [3.05, 3.63) is 60.2 Å². The Bertz CT molecular complexity index is 1420. The highest BCUT2D eigenvalue weighted by molar-refractivity contribution is 5.87. The molecule has 9 heteroatoms. The lowest BCUT2D eigenvalue weighted by molar-refractivity contribution is 0.0610. The SMILES string of the molecule is COc1ccc(-n2c(-c3cccc(F)c3)nc3c(N)nc(C#CC4(O)CCCCC4)nc32)cc1.Cl. The molecule has 0 unspecified atom stereocenters. The molecule has 180 valence electrons. The van der Waals surface area contributed by atoms with Crippen molar-refractivity contribution < 1.29 is 14.2 Å². The molecule has 0 bridgehead atoms. The van der Waals surface area contributed by atoms with Crippen LogP contribution in [0.5, 0.6) is 5.75 Å². The molecule has 0 atom stereocenters. The van der Waals surface area contributed by atoms with Gasteiger partial charge >= 0.3 is 0 Å². The number of fused-ring (bicyclic) bond motifs is 1. The third-order valence-electron chi connectivity index (χ3n) is 6.04. The van der Waals surface area contributed by atoms with E-state index in [4.69, 9.17) is 10.5 Å². The van der Waals surface area contributed by atoms with Gasteiger partial charge in [0.2, 0.25) is 5.82 Å². The number of imidazole rings is 1. The third kappa shape index (κ3) is 4.92. The van der Waals surface area contributed by atoms with Gasteiger partial charge in [0.15, 0.2) is 17.0 Å². The summed E-state index contributed by atoms with van der Waals surface area (Å²) < 4.78 is 21.1. The lowest BCUT2D eigenvalue weighted by Gasteiger charge is -2.26. The number of benzene rings is 2. The summed E-state index contributed by atoms with van der Waals surface area (Å²) in [5, 5.41) is 10.8. The van der Waals surface area contributed by atoms with Gasteiger partial charge in [0.05, 0.1) is 7.11 Å². The van der Waals surface area contributed by atoms with Gasteiger partial charge in [0, 0.05) is 11.3 Å². The van der Waals surface area contributed by atoms with Crippen LogP contribution in [-0.4, -0.2) is 37.3 Å². The number of nitrogens with two attached hydrogens (primary N) is 1. The Hall–Kier alpha value is -3.67. The number of methoxy groups -OCH3 is 1. The van der Waals surface area contributed by atoms with E-state index in [0.717, 1.165) is 24.9 Å². The summed E-state index contributed by atoms with van der Waals surface area (Å²) in [5.41, 5.74) is 7.36. The van der Waals surface area contributed by atoms with Gasteiger partial charge in [-0.05, 0) is 68.0 Å². The van der Waals surface area contributed by atoms with Crippen molar-refractivity contribution in [1.29, 1.82) is 0 Å². The maximum atomic E-state index is 14.0. The molecular weight excluding hydrogens is 469 g/mol. The molecule has 0 aliphatic heterocycles. The smallest absolute Gasteiger partial charge is 0.209 e. The van der Waals surface area contributed by atoms with Crippen molar-refractivity contribution in [3.8, 4) is 34.7 Å². The molecular formula is C26H25ClFN5O2. The molecule has 1 aliphatic carbocycles. The van der Waals surface area contributed by atoms with Gasteiger partial charge in [-0.25, -0.2) is 19.3 Å². The largest absolute Gasteiger partial charge is 0.497 e. The second-order valence-corrected chi connectivity index (χ2v) is 8.43. The van der Waals surface area contributed by atoms with Crippen LogP contribution in [0.25, 0.3) is 28.2 Å². The topological polar surface area (TPSA) is 99.1 Å². The van der Waals surface area contributed by atoms with Crippen LogP contribution >= 0.6 is 12.4 Å². The summed E-state index contributed by atoms with van der Waals surface area (Å²) >= 11 is 0. The lowest BCUT2D eigenvalue weighted by atomic mass is 9.85. The minimum atomic E-state index is -1.03. The molecule has 5 rings (SSSR count). The number of aliphatic hydroxyl groups is 1. The molecule has 0 radical (unpaired) electrons. The zero-order chi connectivity index (χ0) is 23.7. The molecule has 1 fully saturated rings. The first-order valence-corrected chi connectivity index (χ1v) is 11.2. The van der Waals surface area contributed by atoms with Crippen LogP contribution in [-0.2, 0) is 0 Å². The highest BCUT2D eigenvalue weighted by Gasteiger charge is 2.27. The second kappa shape index (κ2) is 9.90. The fraction of sp³-hybridized carbons (Fsp3) is 0.269. The Morgan fingerprint density at radius 2 is 1.80 bits per heavy atom. The summed E-state index contributed by atoms with van der Waals surface area (Å²) in [6.45, 7) is 0. The number of hydrogen-bond donors (Lipinski definition) is 2. The molecule has 1 aliphatic rings. The summed E-state index contributed by atoms with van der Waals surface area (Å²) in [4.78, 5) is 13.6. The Balaban J connectivity index is 0.00000289. The van der Waals surface area contributed by atoms with Crippen LogP contribution in [0.1, 0.15) is 37.9 Å². The summed E-state index contributed by atoms with van der Waals surface area (Å²) in [5.74, 6) is 7.02. The quantitative estimate of drug-likeness (QED) is 0.402. The van der Waals surface area contributed by atoms with Crippen molar-refractivity contribution in [2.75, 3.05) is 12.8 Å². The predicted molar refractivity (Wildman–Crippen MR) is 135 cm³/mol. The van der Waals surface area contributed by atoms with Crippen molar-refractivity contribution in [2.45, 2.75) is 37.7 Å². The number of nitrogens with zero attached hydrogens (tertiary/aromatic N) is 4. The normalized spacial score (nSPS) is 14.6. The Labute approximate surface area is 208 Å². The first-order valence-electron chi connectivity index (χ1n) is 11.2. The van der Waals surface area contributed by atoms with Crippen LogP contribution < -0.4 is 10.5 Å². The first kappa shape index (κ1) is 24.5. The van der Waals surface area contributed by atoms with Crippen molar-refractivity contribution in [1.82, 2.24) is 19.5 Å². The van der Waals surface area contributed by atoms with Crippen LogP contribution in [0, 0.1) is 17.7 Å². The number of nitrogen functional groups attached to an aromatic ring is 1. The Morgan fingerprint density at radius 1 is 1.06 bits per heavy atom. The van der Waals surface area contributed by atoms with E-state index in [1.807, 2.05) is 24.3 Å². The maximum absolute atomic E-state index is 14.0. The van der Waals surface area contributed by atoms with E-state index < -0.39 is 5.60 Å². The summed E-state index contributed by atoms with van der Waals surface area (Å²) in [6, 6.07) is 13.5. The molecule has 0 spiro atoms. The summed E-state index contributed by atoms with van der Waals surface area (Å²) in [6.07, 6.45) is 4.24. The summed E-state index contributed by atoms with van der Waals surface area (Å²) in [7, 11) is 1.60. The molecule has 0 amide bonds.